The molecule has 0 unspecified atom stereocenters. The van der Waals surface area contributed by atoms with Gasteiger partial charge in [-0.05, 0) is 32.4 Å². The highest BCUT2D eigenvalue weighted by Gasteiger charge is 2.16. The summed E-state index contributed by atoms with van der Waals surface area (Å²) in [6.45, 7) is 5.99. The molecule has 0 aliphatic carbocycles. The van der Waals surface area contributed by atoms with Crippen LogP contribution < -0.4 is 4.90 Å². The second-order valence-corrected chi connectivity index (χ2v) is 5.03. The largest absolute Gasteiger partial charge is 0.389 e. The van der Waals surface area contributed by atoms with Crippen molar-refractivity contribution >= 4 is 5.69 Å². The van der Waals surface area contributed by atoms with Gasteiger partial charge in [0.25, 0.3) is 0 Å². The average molecular weight is 238 g/mol. The Morgan fingerprint density at radius 1 is 1.41 bits per heavy atom. The van der Waals surface area contributed by atoms with Crippen LogP contribution in [0.25, 0.3) is 0 Å². The molecule has 1 atom stereocenters. The fourth-order valence-corrected chi connectivity index (χ4v) is 1.70. The van der Waals surface area contributed by atoms with Gasteiger partial charge in [-0.2, -0.15) is 0 Å². The summed E-state index contributed by atoms with van der Waals surface area (Å²) >= 11 is 0. The first-order valence-corrected chi connectivity index (χ1v) is 5.91. The molecule has 1 heterocycles. The first-order valence-electron chi connectivity index (χ1n) is 5.91. The van der Waals surface area contributed by atoms with E-state index < -0.39 is 11.7 Å². The van der Waals surface area contributed by atoms with Gasteiger partial charge in [-0.1, -0.05) is 6.92 Å². The first-order chi connectivity index (χ1) is 7.83. The van der Waals surface area contributed by atoms with Crippen molar-refractivity contribution in [1.29, 1.82) is 0 Å². The number of aliphatic hydroxyl groups is 2. The van der Waals surface area contributed by atoms with Crippen molar-refractivity contribution in [3.8, 4) is 0 Å². The van der Waals surface area contributed by atoms with Gasteiger partial charge in [0.15, 0.2) is 0 Å². The number of likely N-dealkylation sites (N-methyl/N-ethyl adjacent to an activating group) is 1. The molecule has 0 saturated heterocycles. The molecule has 0 fully saturated rings. The Labute approximate surface area is 103 Å². The lowest BCUT2D eigenvalue weighted by Gasteiger charge is -2.27. The highest BCUT2D eigenvalue weighted by molar-refractivity contribution is 5.44. The predicted octanol–water partition coefficient (Wildman–Crippen LogP) is 1.73. The van der Waals surface area contributed by atoms with Gasteiger partial charge in [-0.3, -0.25) is 4.98 Å². The van der Waals surface area contributed by atoms with Gasteiger partial charge in [0.2, 0.25) is 0 Å². The van der Waals surface area contributed by atoms with E-state index in [9.17, 15) is 10.2 Å². The van der Waals surface area contributed by atoms with Crippen LogP contribution >= 0.6 is 0 Å². The molecule has 0 aliphatic heterocycles. The topological polar surface area (TPSA) is 56.6 Å². The van der Waals surface area contributed by atoms with E-state index in [0.717, 1.165) is 5.69 Å². The number of anilines is 1. The minimum absolute atomic E-state index is 0.497. The van der Waals surface area contributed by atoms with Crippen LogP contribution in [0.2, 0.25) is 0 Å². The molecular formula is C13H22N2O2. The third-order valence-electron chi connectivity index (χ3n) is 2.56. The minimum atomic E-state index is -0.740. The SMILES string of the molecule is CC[C@H](O)c1ccc(N(C)CC(C)(C)O)cn1. The monoisotopic (exact) mass is 238 g/mol. The maximum Gasteiger partial charge on any atom is 0.0957 e. The molecule has 0 spiro atoms. The van der Waals surface area contributed by atoms with Crippen molar-refractivity contribution in [2.24, 2.45) is 0 Å². The molecule has 0 aliphatic rings. The molecule has 1 rings (SSSR count). The van der Waals surface area contributed by atoms with Crippen LogP contribution in [-0.2, 0) is 0 Å². The van der Waals surface area contributed by atoms with E-state index in [0.29, 0.717) is 18.7 Å². The van der Waals surface area contributed by atoms with Crippen LogP contribution in [0.4, 0.5) is 5.69 Å². The van der Waals surface area contributed by atoms with Crippen molar-refractivity contribution in [2.75, 3.05) is 18.5 Å². The smallest absolute Gasteiger partial charge is 0.0957 e. The summed E-state index contributed by atoms with van der Waals surface area (Å²) in [4.78, 5) is 6.17. The molecule has 0 aromatic carbocycles. The van der Waals surface area contributed by atoms with E-state index in [1.165, 1.54) is 0 Å². The van der Waals surface area contributed by atoms with Gasteiger partial charge >= 0.3 is 0 Å². The van der Waals surface area contributed by atoms with Crippen LogP contribution in [-0.4, -0.2) is 34.4 Å². The zero-order chi connectivity index (χ0) is 13.1. The van der Waals surface area contributed by atoms with E-state index in [1.807, 2.05) is 31.0 Å². The molecule has 0 radical (unpaired) electrons. The highest BCUT2D eigenvalue weighted by Crippen LogP contribution is 2.18. The molecule has 0 bridgehead atoms. The summed E-state index contributed by atoms with van der Waals surface area (Å²) in [5.74, 6) is 0. The number of rotatable bonds is 5. The van der Waals surface area contributed by atoms with Crippen LogP contribution in [0, 0.1) is 0 Å². The Morgan fingerprint density at radius 3 is 2.47 bits per heavy atom. The van der Waals surface area contributed by atoms with Crippen molar-refractivity contribution in [3.05, 3.63) is 24.0 Å². The Balaban J connectivity index is 2.74. The number of hydrogen-bond acceptors (Lipinski definition) is 4. The molecule has 4 heteroatoms. The van der Waals surface area contributed by atoms with E-state index >= 15 is 0 Å². The molecule has 1 aromatic rings. The normalized spacial score (nSPS) is 13.5. The van der Waals surface area contributed by atoms with Gasteiger partial charge in [0.05, 0.1) is 29.3 Å². The van der Waals surface area contributed by atoms with E-state index in [2.05, 4.69) is 4.98 Å². The average Bonchev–Trinajstić information content (AvgIpc) is 2.26. The summed E-state index contributed by atoms with van der Waals surface area (Å²) < 4.78 is 0. The molecule has 0 amide bonds. The second kappa shape index (κ2) is 5.47. The molecule has 2 N–H and O–H groups in total. The Morgan fingerprint density at radius 2 is 2.06 bits per heavy atom. The molecular weight excluding hydrogens is 216 g/mol. The number of aliphatic hydroxyl groups excluding tert-OH is 1. The van der Waals surface area contributed by atoms with Crippen molar-refractivity contribution in [1.82, 2.24) is 4.98 Å². The quantitative estimate of drug-likeness (QED) is 0.820. The molecule has 4 nitrogen and oxygen atoms in total. The summed E-state index contributed by atoms with van der Waals surface area (Å²) in [5.41, 5.74) is 0.878. The zero-order valence-electron chi connectivity index (χ0n) is 11.0. The minimum Gasteiger partial charge on any atom is -0.389 e. The Bertz CT molecular complexity index is 343. The zero-order valence-corrected chi connectivity index (χ0v) is 11.0. The van der Waals surface area contributed by atoms with Crippen molar-refractivity contribution < 1.29 is 10.2 Å². The van der Waals surface area contributed by atoms with Crippen molar-refractivity contribution in [2.45, 2.75) is 38.9 Å². The standard InChI is InChI=1S/C13H22N2O2/c1-5-12(16)11-7-6-10(8-14-11)15(4)9-13(2,3)17/h6-8,12,16-17H,5,9H2,1-4H3/t12-/m0/s1. The Hall–Kier alpha value is -1.13. The second-order valence-electron chi connectivity index (χ2n) is 5.03. The first kappa shape index (κ1) is 13.9. The summed E-state index contributed by atoms with van der Waals surface area (Å²) in [7, 11) is 1.91. The lowest BCUT2D eigenvalue weighted by molar-refractivity contribution is 0.0886. The van der Waals surface area contributed by atoms with Gasteiger partial charge in [-0.25, -0.2) is 0 Å². The predicted molar refractivity (Wildman–Crippen MR) is 69.1 cm³/mol. The molecule has 96 valence electrons. The number of pyridine rings is 1. The Kier molecular flexibility index (Phi) is 4.48. The van der Waals surface area contributed by atoms with E-state index in [-0.39, 0.29) is 0 Å². The number of nitrogens with zero attached hydrogens (tertiary/aromatic N) is 2. The fraction of sp³-hybridized carbons (Fsp3) is 0.615. The molecule has 0 saturated carbocycles. The summed E-state index contributed by atoms with van der Waals surface area (Å²) in [6.07, 6.45) is 1.88. The van der Waals surface area contributed by atoms with Gasteiger partial charge in [0, 0.05) is 13.6 Å². The highest BCUT2D eigenvalue weighted by atomic mass is 16.3. The third-order valence-corrected chi connectivity index (χ3v) is 2.56. The van der Waals surface area contributed by atoms with Gasteiger partial charge in [0.1, 0.15) is 0 Å². The lowest BCUT2D eigenvalue weighted by atomic mass is 10.1. The van der Waals surface area contributed by atoms with Crippen LogP contribution in [0.3, 0.4) is 0 Å². The summed E-state index contributed by atoms with van der Waals surface area (Å²) in [6, 6.07) is 3.73. The number of hydrogen-bond donors (Lipinski definition) is 2. The summed E-state index contributed by atoms with van der Waals surface area (Å²) in [5, 5.41) is 19.4. The third kappa shape index (κ3) is 4.32. The van der Waals surface area contributed by atoms with E-state index in [4.69, 9.17) is 0 Å². The van der Waals surface area contributed by atoms with Gasteiger partial charge in [-0.15, -0.1) is 0 Å². The molecule has 17 heavy (non-hydrogen) atoms. The molecule has 1 aromatic heterocycles. The van der Waals surface area contributed by atoms with E-state index in [1.54, 1.807) is 20.0 Å². The lowest BCUT2D eigenvalue weighted by Crippen LogP contribution is -2.36. The maximum absolute atomic E-state index is 9.73. The van der Waals surface area contributed by atoms with Gasteiger partial charge < -0.3 is 15.1 Å². The fourth-order valence-electron chi connectivity index (χ4n) is 1.70. The van der Waals surface area contributed by atoms with Crippen LogP contribution in [0.15, 0.2) is 18.3 Å². The number of aromatic nitrogens is 1. The van der Waals surface area contributed by atoms with Crippen LogP contribution in [0.1, 0.15) is 39.0 Å². The van der Waals surface area contributed by atoms with Crippen molar-refractivity contribution in [3.63, 3.8) is 0 Å². The maximum atomic E-state index is 9.73. The van der Waals surface area contributed by atoms with Crippen LogP contribution in [0.5, 0.6) is 0 Å².